The molecule has 0 amide bonds. The second-order valence-electron chi connectivity index (χ2n) is 4.27. The predicted octanol–water partition coefficient (Wildman–Crippen LogP) is 3.33. The van der Waals surface area contributed by atoms with Crippen LogP contribution in [0, 0.1) is 18.3 Å². The van der Waals surface area contributed by atoms with Gasteiger partial charge < -0.3 is 0 Å². The number of hydrogen-bond donors (Lipinski definition) is 0. The highest BCUT2D eigenvalue weighted by Gasteiger charge is 2.35. The summed E-state index contributed by atoms with van der Waals surface area (Å²) >= 11 is 0. The maximum Gasteiger partial charge on any atom is 0.0822 e. The third-order valence-electron chi connectivity index (χ3n) is 3.28. The molecular weight excluding hydrogens is 170 g/mol. The summed E-state index contributed by atoms with van der Waals surface area (Å²) in [7, 11) is 0. The Kier molecular flexibility index (Phi) is 2.29. The molecule has 0 heterocycles. The van der Waals surface area contributed by atoms with Crippen molar-refractivity contribution < 1.29 is 0 Å². The second kappa shape index (κ2) is 3.46. The van der Waals surface area contributed by atoms with E-state index in [2.05, 4.69) is 37.3 Å². The van der Waals surface area contributed by atoms with E-state index in [1.165, 1.54) is 24.0 Å². The van der Waals surface area contributed by atoms with Crippen molar-refractivity contribution in [1.29, 1.82) is 5.26 Å². The van der Waals surface area contributed by atoms with Crippen LogP contribution < -0.4 is 0 Å². The minimum absolute atomic E-state index is 0.173. The zero-order valence-corrected chi connectivity index (χ0v) is 8.59. The van der Waals surface area contributed by atoms with Gasteiger partial charge in [0.05, 0.1) is 11.5 Å². The van der Waals surface area contributed by atoms with Gasteiger partial charge in [0.25, 0.3) is 0 Å². The average Bonchev–Trinajstić information content (AvgIpc) is 2.68. The number of nitrogens with zero attached hydrogens (tertiary/aromatic N) is 1. The van der Waals surface area contributed by atoms with E-state index < -0.39 is 0 Å². The van der Waals surface area contributed by atoms with E-state index in [1.54, 1.807) is 0 Å². The van der Waals surface area contributed by atoms with Crippen LogP contribution in [-0.2, 0) is 5.41 Å². The summed E-state index contributed by atoms with van der Waals surface area (Å²) in [6.45, 7) is 2.08. The maximum absolute atomic E-state index is 9.29. The topological polar surface area (TPSA) is 23.8 Å². The molecule has 1 aromatic carbocycles. The van der Waals surface area contributed by atoms with E-state index in [9.17, 15) is 5.26 Å². The molecule has 1 aromatic rings. The fraction of sp³-hybridized carbons (Fsp3) is 0.462. The van der Waals surface area contributed by atoms with Gasteiger partial charge in [-0.3, -0.25) is 0 Å². The van der Waals surface area contributed by atoms with Crippen molar-refractivity contribution in [2.75, 3.05) is 0 Å². The summed E-state index contributed by atoms with van der Waals surface area (Å²) in [4.78, 5) is 0. The highest BCUT2D eigenvalue weighted by Crippen LogP contribution is 2.40. The van der Waals surface area contributed by atoms with E-state index in [4.69, 9.17) is 0 Å². The van der Waals surface area contributed by atoms with Crippen molar-refractivity contribution >= 4 is 0 Å². The molecule has 0 saturated heterocycles. The van der Waals surface area contributed by atoms with E-state index in [0.29, 0.717) is 0 Å². The van der Waals surface area contributed by atoms with Crippen molar-refractivity contribution in [2.24, 2.45) is 0 Å². The zero-order valence-electron chi connectivity index (χ0n) is 8.59. The molecule has 1 nitrogen and oxygen atoms in total. The molecular formula is C13H15N. The van der Waals surface area contributed by atoms with Crippen LogP contribution in [0.3, 0.4) is 0 Å². The molecule has 0 atom stereocenters. The molecule has 1 aliphatic carbocycles. The number of rotatable bonds is 1. The average molecular weight is 185 g/mol. The number of hydrogen-bond acceptors (Lipinski definition) is 1. The molecule has 1 aliphatic rings. The van der Waals surface area contributed by atoms with Crippen molar-refractivity contribution in [1.82, 2.24) is 0 Å². The van der Waals surface area contributed by atoms with Crippen LogP contribution >= 0.6 is 0 Å². The Hall–Kier alpha value is -1.29. The maximum atomic E-state index is 9.29. The number of benzene rings is 1. The number of aryl methyl sites for hydroxylation is 1. The normalized spacial score (nSPS) is 19.1. The van der Waals surface area contributed by atoms with Gasteiger partial charge in [-0.1, -0.05) is 42.7 Å². The first kappa shape index (κ1) is 9.27. The third kappa shape index (κ3) is 1.42. The van der Waals surface area contributed by atoms with Gasteiger partial charge in [-0.05, 0) is 25.3 Å². The summed E-state index contributed by atoms with van der Waals surface area (Å²) in [5, 5.41) is 9.29. The molecule has 1 heteroatoms. The van der Waals surface area contributed by atoms with Crippen LogP contribution in [0.1, 0.15) is 36.8 Å². The summed E-state index contributed by atoms with van der Waals surface area (Å²) in [6, 6.07) is 11.0. The van der Waals surface area contributed by atoms with Crippen LogP contribution in [-0.4, -0.2) is 0 Å². The molecule has 0 N–H and O–H groups in total. The lowest BCUT2D eigenvalue weighted by atomic mass is 9.80. The fourth-order valence-corrected chi connectivity index (χ4v) is 2.32. The predicted molar refractivity (Wildman–Crippen MR) is 56.9 cm³/mol. The first-order chi connectivity index (χ1) is 6.77. The molecule has 0 aliphatic heterocycles. The molecule has 0 spiro atoms. The quantitative estimate of drug-likeness (QED) is 0.658. The van der Waals surface area contributed by atoms with E-state index in [1.807, 2.05) is 0 Å². The summed E-state index contributed by atoms with van der Waals surface area (Å²) in [5.41, 5.74) is 2.30. The first-order valence-corrected chi connectivity index (χ1v) is 5.25. The standard InChI is InChI=1S/C13H15N/c1-11-4-6-12(7-5-11)13(10-14)8-2-3-9-13/h4-7H,2-3,8-9H2,1H3. The van der Waals surface area contributed by atoms with E-state index in [0.717, 1.165) is 12.8 Å². The second-order valence-corrected chi connectivity index (χ2v) is 4.27. The van der Waals surface area contributed by atoms with Gasteiger partial charge in [0.1, 0.15) is 0 Å². The van der Waals surface area contributed by atoms with Crippen LogP contribution in [0.5, 0.6) is 0 Å². The first-order valence-electron chi connectivity index (χ1n) is 5.25. The Balaban J connectivity index is 2.37. The highest BCUT2D eigenvalue weighted by atomic mass is 14.4. The van der Waals surface area contributed by atoms with E-state index in [-0.39, 0.29) is 5.41 Å². The van der Waals surface area contributed by atoms with Crippen LogP contribution in [0.4, 0.5) is 0 Å². The van der Waals surface area contributed by atoms with Crippen molar-refractivity contribution in [3.8, 4) is 6.07 Å². The van der Waals surface area contributed by atoms with Crippen molar-refractivity contribution in [2.45, 2.75) is 38.0 Å². The van der Waals surface area contributed by atoms with Gasteiger partial charge in [-0.2, -0.15) is 5.26 Å². The fourth-order valence-electron chi connectivity index (χ4n) is 2.32. The van der Waals surface area contributed by atoms with Gasteiger partial charge in [-0.25, -0.2) is 0 Å². The molecule has 1 saturated carbocycles. The van der Waals surface area contributed by atoms with Crippen LogP contribution in [0.25, 0.3) is 0 Å². The lowest BCUT2D eigenvalue weighted by molar-refractivity contribution is 0.573. The summed E-state index contributed by atoms with van der Waals surface area (Å²) in [6.07, 6.45) is 4.46. The largest absolute Gasteiger partial charge is 0.197 e. The van der Waals surface area contributed by atoms with Crippen LogP contribution in [0.15, 0.2) is 24.3 Å². The molecule has 0 aromatic heterocycles. The Morgan fingerprint density at radius 3 is 2.21 bits per heavy atom. The van der Waals surface area contributed by atoms with Crippen molar-refractivity contribution in [3.63, 3.8) is 0 Å². The van der Waals surface area contributed by atoms with Gasteiger partial charge in [0.2, 0.25) is 0 Å². The van der Waals surface area contributed by atoms with Gasteiger partial charge in [0, 0.05) is 0 Å². The van der Waals surface area contributed by atoms with Crippen molar-refractivity contribution in [3.05, 3.63) is 35.4 Å². The van der Waals surface area contributed by atoms with Crippen LogP contribution in [0.2, 0.25) is 0 Å². The summed E-state index contributed by atoms with van der Waals surface area (Å²) < 4.78 is 0. The Morgan fingerprint density at radius 2 is 1.71 bits per heavy atom. The summed E-state index contributed by atoms with van der Waals surface area (Å²) in [5.74, 6) is 0. The van der Waals surface area contributed by atoms with Gasteiger partial charge in [-0.15, -0.1) is 0 Å². The molecule has 2 rings (SSSR count). The molecule has 14 heavy (non-hydrogen) atoms. The Labute approximate surface area is 85.4 Å². The van der Waals surface area contributed by atoms with Gasteiger partial charge >= 0.3 is 0 Å². The molecule has 72 valence electrons. The monoisotopic (exact) mass is 185 g/mol. The lowest BCUT2D eigenvalue weighted by Gasteiger charge is -2.20. The smallest absolute Gasteiger partial charge is 0.0822 e. The molecule has 1 fully saturated rings. The lowest BCUT2D eigenvalue weighted by Crippen LogP contribution is -2.18. The Bertz CT molecular complexity index is 350. The minimum atomic E-state index is -0.173. The molecule has 0 radical (unpaired) electrons. The minimum Gasteiger partial charge on any atom is -0.197 e. The third-order valence-corrected chi connectivity index (χ3v) is 3.28. The SMILES string of the molecule is Cc1ccc(C2(C#N)CCCC2)cc1. The number of nitriles is 1. The molecule has 0 bridgehead atoms. The Morgan fingerprint density at radius 1 is 1.14 bits per heavy atom. The molecule has 0 unspecified atom stereocenters. The highest BCUT2D eigenvalue weighted by molar-refractivity contribution is 5.35. The van der Waals surface area contributed by atoms with Gasteiger partial charge in [0.15, 0.2) is 0 Å². The van der Waals surface area contributed by atoms with E-state index >= 15 is 0 Å². The zero-order chi connectivity index (χ0) is 10.0.